The summed E-state index contributed by atoms with van der Waals surface area (Å²) in [4.78, 5) is 34.6. The maximum Gasteiger partial charge on any atom is 0.335 e. The molecule has 0 aliphatic carbocycles. The highest BCUT2D eigenvalue weighted by Gasteiger charge is 2.10. The third-order valence-corrected chi connectivity index (χ3v) is 3.09. The van der Waals surface area contributed by atoms with Crippen LogP contribution >= 0.6 is 11.6 Å². The highest BCUT2D eigenvalue weighted by molar-refractivity contribution is 6.31. The van der Waals surface area contributed by atoms with E-state index >= 15 is 0 Å². The summed E-state index contributed by atoms with van der Waals surface area (Å²) in [7, 11) is 0. The van der Waals surface area contributed by atoms with Gasteiger partial charge in [-0.15, -0.1) is 0 Å². The van der Waals surface area contributed by atoms with Crippen LogP contribution in [0.4, 0.5) is 5.69 Å². The van der Waals surface area contributed by atoms with Gasteiger partial charge in [-0.25, -0.2) is 4.79 Å². The Hall–Kier alpha value is -2.86. The summed E-state index contributed by atoms with van der Waals surface area (Å²) in [6.07, 6.45) is 0. The fourth-order valence-corrected chi connectivity index (χ4v) is 2.08. The molecule has 23 heavy (non-hydrogen) atoms. The van der Waals surface area contributed by atoms with Crippen molar-refractivity contribution in [3.63, 3.8) is 0 Å². The second-order valence-corrected chi connectivity index (χ2v) is 5.07. The molecule has 2 amide bonds. The summed E-state index contributed by atoms with van der Waals surface area (Å²) in [5.74, 6) is -2.02. The largest absolute Gasteiger partial charge is 0.478 e. The van der Waals surface area contributed by atoms with Crippen LogP contribution in [-0.4, -0.2) is 29.4 Å². The van der Waals surface area contributed by atoms with Crippen LogP contribution in [0.2, 0.25) is 5.02 Å². The molecular weight excluding hydrogens is 320 g/mol. The van der Waals surface area contributed by atoms with E-state index in [0.717, 1.165) is 0 Å². The number of benzene rings is 2. The van der Waals surface area contributed by atoms with Crippen LogP contribution in [0.3, 0.4) is 0 Å². The first-order chi connectivity index (χ1) is 11.0. The zero-order chi connectivity index (χ0) is 16.8. The first-order valence-corrected chi connectivity index (χ1v) is 7.00. The summed E-state index contributed by atoms with van der Waals surface area (Å²) < 4.78 is 0. The van der Waals surface area contributed by atoms with Crippen molar-refractivity contribution in [3.8, 4) is 0 Å². The minimum Gasteiger partial charge on any atom is -0.478 e. The molecule has 0 bridgehead atoms. The molecule has 0 saturated heterocycles. The smallest absolute Gasteiger partial charge is 0.335 e. The van der Waals surface area contributed by atoms with Gasteiger partial charge in [-0.1, -0.05) is 29.8 Å². The van der Waals surface area contributed by atoms with Gasteiger partial charge in [0, 0.05) is 16.3 Å². The maximum atomic E-state index is 11.8. The van der Waals surface area contributed by atoms with E-state index in [1.807, 2.05) is 0 Å². The van der Waals surface area contributed by atoms with Crippen molar-refractivity contribution in [1.29, 1.82) is 0 Å². The van der Waals surface area contributed by atoms with Gasteiger partial charge in [0.25, 0.3) is 5.91 Å². The Kier molecular flexibility index (Phi) is 5.32. The molecule has 0 radical (unpaired) electrons. The third kappa shape index (κ3) is 4.82. The molecule has 0 aliphatic rings. The molecule has 7 heteroatoms. The Bertz CT molecular complexity index is 747. The van der Waals surface area contributed by atoms with Crippen LogP contribution in [0.1, 0.15) is 20.7 Å². The van der Waals surface area contributed by atoms with Crippen LogP contribution in [0, 0.1) is 0 Å². The molecule has 3 N–H and O–H groups in total. The molecule has 0 saturated carbocycles. The Morgan fingerprint density at radius 2 is 1.70 bits per heavy atom. The second-order valence-electron chi connectivity index (χ2n) is 4.63. The van der Waals surface area contributed by atoms with E-state index < -0.39 is 11.9 Å². The topological polar surface area (TPSA) is 95.5 Å². The van der Waals surface area contributed by atoms with E-state index in [9.17, 15) is 14.4 Å². The lowest BCUT2D eigenvalue weighted by molar-refractivity contribution is -0.115. The molecule has 0 heterocycles. The monoisotopic (exact) mass is 332 g/mol. The van der Waals surface area contributed by atoms with Crippen molar-refractivity contribution in [2.45, 2.75) is 0 Å². The Morgan fingerprint density at radius 3 is 2.35 bits per heavy atom. The molecule has 0 unspecified atom stereocenters. The second kappa shape index (κ2) is 7.42. The van der Waals surface area contributed by atoms with Gasteiger partial charge in [-0.2, -0.15) is 0 Å². The van der Waals surface area contributed by atoms with E-state index in [-0.39, 0.29) is 28.7 Å². The predicted molar refractivity (Wildman–Crippen MR) is 85.8 cm³/mol. The van der Waals surface area contributed by atoms with Crippen LogP contribution in [-0.2, 0) is 4.79 Å². The number of carboxylic acids is 1. The molecular formula is C16H13ClN2O4. The zero-order valence-corrected chi connectivity index (χ0v) is 12.6. The fourth-order valence-electron chi connectivity index (χ4n) is 1.84. The summed E-state index contributed by atoms with van der Waals surface area (Å²) in [6.45, 7) is -0.247. The minimum absolute atomic E-state index is 0.0406. The van der Waals surface area contributed by atoms with Crippen molar-refractivity contribution in [2.24, 2.45) is 0 Å². The van der Waals surface area contributed by atoms with Crippen molar-refractivity contribution in [2.75, 3.05) is 11.9 Å². The van der Waals surface area contributed by atoms with E-state index in [4.69, 9.17) is 16.7 Å². The van der Waals surface area contributed by atoms with Crippen LogP contribution in [0.15, 0.2) is 48.5 Å². The van der Waals surface area contributed by atoms with Crippen LogP contribution in [0.5, 0.6) is 0 Å². The van der Waals surface area contributed by atoms with Crippen molar-refractivity contribution in [3.05, 3.63) is 64.7 Å². The summed E-state index contributed by atoms with van der Waals surface area (Å²) >= 11 is 5.80. The third-order valence-electron chi connectivity index (χ3n) is 2.87. The van der Waals surface area contributed by atoms with Gasteiger partial charge in [0.15, 0.2) is 0 Å². The number of carboxylic acid groups (broad SMARTS) is 1. The standard InChI is InChI=1S/C16H13ClN2O4/c17-12-6-11(16(22)23)7-13(8-12)19-14(20)9-18-15(21)10-4-2-1-3-5-10/h1-8H,9H2,(H,18,21)(H,19,20)(H,22,23). The average molecular weight is 333 g/mol. The lowest BCUT2D eigenvalue weighted by Gasteiger charge is -2.08. The summed E-state index contributed by atoms with van der Waals surface area (Å²) in [5, 5.41) is 14.1. The van der Waals surface area contributed by atoms with Crippen molar-refractivity contribution < 1.29 is 19.5 Å². The molecule has 2 rings (SSSR count). The number of amides is 2. The Balaban J connectivity index is 1.95. The predicted octanol–water partition coefficient (Wildman–Crippen LogP) is 2.41. The molecule has 6 nitrogen and oxygen atoms in total. The number of rotatable bonds is 5. The van der Waals surface area contributed by atoms with Crippen molar-refractivity contribution >= 4 is 35.1 Å². The maximum absolute atomic E-state index is 11.8. The molecule has 0 fully saturated rings. The quantitative estimate of drug-likeness (QED) is 0.783. The summed E-state index contributed by atoms with van der Waals surface area (Å²) in [5.41, 5.74) is 0.645. The van der Waals surface area contributed by atoms with E-state index in [2.05, 4.69) is 10.6 Å². The first kappa shape index (κ1) is 16.5. The minimum atomic E-state index is -1.15. The molecule has 2 aromatic carbocycles. The van der Waals surface area contributed by atoms with Crippen LogP contribution < -0.4 is 10.6 Å². The fraction of sp³-hybridized carbons (Fsp3) is 0.0625. The molecule has 118 valence electrons. The van der Waals surface area contributed by atoms with Gasteiger partial charge in [0.2, 0.25) is 5.91 Å². The number of hydrogen-bond donors (Lipinski definition) is 3. The van der Waals surface area contributed by atoms with Gasteiger partial charge in [0.1, 0.15) is 0 Å². The SMILES string of the molecule is O=C(CNC(=O)c1ccccc1)Nc1cc(Cl)cc(C(=O)O)c1. The number of carbonyl (C=O) groups is 3. The number of nitrogens with one attached hydrogen (secondary N) is 2. The van der Waals surface area contributed by atoms with Gasteiger partial charge in [0.05, 0.1) is 12.1 Å². The zero-order valence-electron chi connectivity index (χ0n) is 11.9. The summed E-state index contributed by atoms with van der Waals surface area (Å²) in [6, 6.07) is 12.4. The van der Waals surface area contributed by atoms with Gasteiger partial charge >= 0.3 is 5.97 Å². The number of hydrogen-bond acceptors (Lipinski definition) is 3. The highest BCUT2D eigenvalue weighted by atomic mass is 35.5. The van der Waals surface area contributed by atoms with E-state index in [1.54, 1.807) is 30.3 Å². The molecule has 2 aromatic rings. The molecule has 0 aliphatic heterocycles. The molecule has 0 atom stereocenters. The van der Waals surface area contributed by atoms with E-state index in [1.165, 1.54) is 18.2 Å². The van der Waals surface area contributed by atoms with Gasteiger partial charge < -0.3 is 15.7 Å². The average Bonchev–Trinajstić information content (AvgIpc) is 2.52. The molecule has 0 aromatic heterocycles. The normalized spacial score (nSPS) is 9.96. The lowest BCUT2D eigenvalue weighted by atomic mass is 10.2. The number of anilines is 1. The lowest BCUT2D eigenvalue weighted by Crippen LogP contribution is -2.32. The Morgan fingerprint density at radius 1 is 1.00 bits per heavy atom. The van der Waals surface area contributed by atoms with E-state index in [0.29, 0.717) is 5.56 Å². The van der Waals surface area contributed by atoms with Crippen molar-refractivity contribution in [1.82, 2.24) is 5.32 Å². The first-order valence-electron chi connectivity index (χ1n) is 6.62. The molecule has 0 spiro atoms. The highest BCUT2D eigenvalue weighted by Crippen LogP contribution is 2.19. The van der Waals surface area contributed by atoms with Crippen LogP contribution in [0.25, 0.3) is 0 Å². The number of carbonyl (C=O) groups excluding carboxylic acids is 2. The number of aromatic carboxylic acids is 1. The van der Waals surface area contributed by atoms with Gasteiger partial charge in [-0.05, 0) is 30.3 Å². The van der Waals surface area contributed by atoms with Gasteiger partial charge in [-0.3, -0.25) is 9.59 Å². The Labute approximate surface area is 137 Å². The number of halogens is 1.